The van der Waals surface area contributed by atoms with Gasteiger partial charge in [-0.1, -0.05) is 30.3 Å². The molecule has 0 spiro atoms. The molecule has 4 nitrogen and oxygen atoms in total. The Bertz CT molecular complexity index is 376. The summed E-state index contributed by atoms with van der Waals surface area (Å²) >= 11 is 0. The van der Waals surface area contributed by atoms with Crippen molar-refractivity contribution in [2.75, 3.05) is 26.4 Å². The third-order valence-corrected chi connectivity index (χ3v) is 3.72. The number of benzene rings is 1. The summed E-state index contributed by atoms with van der Waals surface area (Å²) in [6, 6.07) is 10.2. The van der Waals surface area contributed by atoms with Crippen molar-refractivity contribution in [3.8, 4) is 0 Å². The van der Waals surface area contributed by atoms with Gasteiger partial charge in [-0.15, -0.1) is 0 Å². The molecule has 1 aliphatic heterocycles. The van der Waals surface area contributed by atoms with E-state index in [0.29, 0.717) is 26.4 Å². The molecule has 1 aliphatic rings. The second-order valence-electron chi connectivity index (χ2n) is 5.68. The zero-order valence-corrected chi connectivity index (χ0v) is 13.5. The van der Waals surface area contributed by atoms with Crippen molar-refractivity contribution >= 4 is 0 Å². The predicted octanol–water partition coefficient (Wildman–Crippen LogP) is 3.54. The highest BCUT2D eigenvalue weighted by molar-refractivity contribution is 5.13. The van der Waals surface area contributed by atoms with Crippen LogP contribution in [0.3, 0.4) is 0 Å². The monoisotopic (exact) mass is 308 g/mol. The maximum atomic E-state index is 5.80. The second kappa shape index (κ2) is 10.7. The van der Waals surface area contributed by atoms with Crippen molar-refractivity contribution in [3.05, 3.63) is 35.9 Å². The predicted molar refractivity (Wildman–Crippen MR) is 85.7 cm³/mol. The van der Waals surface area contributed by atoms with Crippen LogP contribution in [0.2, 0.25) is 0 Å². The van der Waals surface area contributed by atoms with E-state index in [1.54, 1.807) is 0 Å². The Hall–Kier alpha value is -0.940. The van der Waals surface area contributed by atoms with Crippen LogP contribution in [0.15, 0.2) is 30.3 Å². The Morgan fingerprint density at radius 1 is 1.14 bits per heavy atom. The van der Waals surface area contributed by atoms with Gasteiger partial charge in [0.05, 0.1) is 25.9 Å². The molecule has 0 radical (unpaired) electrons. The van der Waals surface area contributed by atoms with Crippen LogP contribution in [-0.4, -0.2) is 38.8 Å². The molecule has 124 valence electrons. The summed E-state index contributed by atoms with van der Waals surface area (Å²) in [4.78, 5) is 0. The number of hydrogen-bond donors (Lipinski definition) is 0. The summed E-state index contributed by atoms with van der Waals surface area (Å²) in [6.45, 7) is 5.48. The highest BCUT2D eigenvalue weighted by Gasteiger charge is 2.13. The molecule has 0 aliphatic carbocycles. The van der Waals surface area contributed by atoms with Gasteiger partial charge in [-0.3, -0.25) is 0 Å². The van der Waals surface area contributed by atoms with Crippen LogP contribution in [0.25, 0.3) is 0 Å². The largest absolute Gasteiger partial charge is 0.379 e. The van der Waals surface area contributed by atoms with Crippen molar-refractivity contribution < 1.29 is 18.9 Å². The molecule has 22 heavy (non-hydrogen) atoms. The molecule has 1 fully saturated rings. The first-order chi connectivity index (χ1) is 10.8. The maximum absolute atomic E-state index is 5.80. The van der Waals surface area contributed by atoms with Gasteiger partial charge >= 0.3 is 0 Å². The Labute approximate surface area is 133 Å². The SMILES string of the molecule is C[C@@H](CCOCCOC1CCCCO1)OCc1ccccc1. The first kappa shape index (κ1) is 17.4. The lowest BCUT2D eigenvalue weighted by Crippen LogP contribution is -2.24. The molecule has 1 aromatic rings. The summed E-state index contributed by atoms with van der Waals surface area (Å²) < 4.78 is 22.5. The van der Waals surface area contributed by atoms with Crippen molar-refractivity contribution in [1.29, 1.82) is 0 Å². The van der Waals surface area contributed by atoms with Gasteiger partial charge in [-0.25, -0.2) is 0 Å². The standard InChI is InChI=1S/C18H28O4/c1-16(22-15-17-7-3-2-4-8-17)10-12-19-13-14-21-18-9-5-6-11-20-18/h2-4,7-8,16,18H,5-6,9-15H2,1H3/t16-,18?/m0/s1. The Balaban J connectivity index is 1.42. The van der Waals surface area contributed by atoms with Gasteiger partial charge in [-0.2, -0.15) is 0 Å². The third-order valence-electron chi connectivity index (χ3n) is 3.72. The maximum Gasteiger partial charge on any atom is 0.157 e. The van der Waals surface area contributed by atoms with E-state index in [1.165, 1.54) is 12.0 Å². The Morgan fingerprint density at radius 3 is 2.77 bits per heavy atom. The third kappa shape index (κ3) is 7.36. The minimum Gasteiger partial charge on any atom is -0.379 e. The molecule has 4 heteroatoms. The van der Waals surface area contributed by atoms with Gasteiger partial charge in [-0.05, 0) is 38.2 Å². The van der Waals surface area contributed by atoms with Gasteiger partial charge in [0.2, 0.25) is 0 Å². The molecular weight excluding hydrogens is 280 g/mol. The van der Waals surface area contributed by atoms with Crippen LogP contribution >= 0.6 is 0 Å². The average molecular weight is 308 g/mol. The Morgan fingerprint density at radius 2 is 2.00 bits per heavy atom. The van der Waals surface area contributed by atoms with Crippen molar-refractivity contribution in [2.45, 2.75) is 51.6 Å². The molecule has 0 N–H and O–H groups in total. The van der Waals surface area contributed by atoms with E-state index in [2.05, 4.69) is 19.1 Å². The lowest BCUT2D eigenvalue weighted by Gasteiger charge is -2.22. The summed E-state index contributed by atoms with van der Waals surface area (Å²) in [5, 5.41) is 0. The fraction of sp³-hybridized carbons (Fsp3) is 0.667. The zero-order chi connectivity index (χ0) is 15.5. The minimum absolute atomic E-state index is 0.0227. The molecule has 1 aromatic carbocycles. The molecule has 0 saturated carbocycles. The van der Waals surface area contributed by atoms with E-state index >= 15 is 0 Å². The molecule has 2 atom stereocenters. The number of hydrogen-bond acceptors (Lipinski definition) is 4. The summed E-state index contributed by atoms with van der Waals surface area (Å²) in [7, 11) is 0. The first-order valence-electron chi connectivity index (χ1n) is 8.31. The molecule has 1 heterocycles. The van der Waals surface area contributed by atoms with Gasteiger partial charge < -0.3 is 18.9 Å². The van der Waals surface area contributed by atoms with Crippen LogP contribution < -0.4 is 0 Å². The van der Waals surface area contributed by atoms with E-state index < -0.39 is 0 Å². The molecule has 1 saturated heterocycles. The molecule has 1 unspecified atom stereocenters. The van der Waals surface area contributed by atoms with E-state index in [4.69, 9.17) is 18.9 Å². The van der Waals surface area contributed by atoms with Gasteiger partial charge in [0.15, 0.2) is 6.29 Å². The van der Waals surface area contributed by atoms with Crippen molar-refractivity contribution in [2.24, 2.45) is 0 Å². The van der Waals surface area contributed by atoms with Crippen LogP contribution in [0, 0.1) is 0 Å². The first-order valence-corrected chi connectivity index (χ1v) is 8.31. The van der Waals surface area contributed by atoms with Gasteiger partial charge in [0.25, 0.3) is 0 Å². The number of rotatable bonds is 10. The molecule has 0 bridgehead atoms. The quantitative estimate of drug-likeness (QED) is 0.620. The van der Waals surface area contributed by atoms with E-state index in [-0.39, 0.29) is 12.4 Å². The molecule has 0 amide bonds. The highest BCUT2D eigenvalue weighted by atomic mass is 16.7. The smallest absolute Gasteiger partial charge is 0.157 e. The fourth-order valence-corrected chi connectivity index (χ4v) is 2.33. The Kier molecular flexibility index (Phi) is 8.49. The lowest BCUT2D eigenvalue weighted by atomic mass is 10.2. The van der Waals surface area contributed by atoms with Gasteiger partial charge in [0.1, 0.15) is 0 Å². The van der Waals surface area contributed by atoms with Crippen molar-refractivity contribution in [1.82, 2.24) is 0 Å². The van der Waals surface area contributed by atoms with E-state index in [1.807, 2.05) is 18.2 Å². The topological polar surface area (TPSA) is 36.9 Å². The minimum atomic E-state index is -0.0227. The average Bonchev–Trinajstić information content (AvgIpc) is 2.58. The van der Waals surface area contributed by atoms with Crippen LogP contribution in [-0.2, 0) is 25.6 Å². The van der Waals surface area contributed by atoms with Crippen LogP contribution in [0.4, 0.5) is 0 Å². The molecular formula is C18H28O4. The molecule has 2 rings (SSSR count). The lowest BCUT2D eigenvalue weighted by molar-refractivity contribution is -0.169. The summed E-state index contributed by atoms with van der Waals surface area (Å²) in [5.74, 6) is 0. The highest BCUT2D eigenvalue weighted by Crippen LogP contribution is 2.13. The number of ether oxygens (including phenoxy) is 4. The van der Waals surface area contributed by atoms with Crippen LogP contribution in [0.5, 0.6) is 0 Å². The van der Waals surface area contributed by atoms with Crippen LogP contribution in [0.1, 0.15) is 38.2 Å². The summed E-state index contributed by atoms with van der Waals surface area (Å²) in [6.07, 6.45) is 4.42. The second-order valence-corrected chi connectivity index (χ2v) is 5.68. The fourth-order valence-electron chi connectivity index (χ4n) is 2.33. The van der Waals surface area contributed by atoms with E-state index in [0.717, 1.165) is 25.9 Å². The van der Waals surface area contributed by atoms with Crippen molar-refractivity contribution in [3.63, 3.8) is 0 Å². The molecule has 0 aromatic heterocycles. The van der Waals surface area contributed by atoms with E-state index in [9.17, 15) is 0 Å². The van der Waals surface area contributed by atoms with Gasteiger partial charge in [0, 0.05) is 13.2 Å². The normalized spacial score (nSPS) is 20.0. The zero-order valence-electron chi connectivity index (χ0n) is 13.5. The summed E-state index contributed by atoms with van der Waals surface area (Å²) in [5.41, 5.74) is 1.20.